The molecular formula is C19H19FN2O3. The summed E-state index contributed by atoms with van der Waals surface area (Å²) < 4.78 is 18.7. The van der Waals surface area contributed by atoms with Crippen molar-refractivity contribution >= 4 is 11.8 Å². The van der Waals surface area contributed by atoms with E-state index in [1.54, 1.807) is 29.4 Å². The van der Waals surface area contributed by atoms with E-state index >= 15 is 0 Å². The number of nitrogens with zero attached hydrogens (tertiary/aromatic N) is 1. The highest BCUT2D eigenvalue weighted by Gasteiger charge is 2.51. The van der Waals surface area contributed by atoms with Gasteiger partial charge in [0.2, 0.25) is 5.91 Å². The Morgan fingerprint density at radius 2 is 2.12 bits per heavy atom. The molecule has 1 aliphatic heterocycles. The van der Waals surface area contributed by atoms with Crippen molar-refractivity contribution in [2.24, 2.45) is 5.92 Å². The molecule has 1 saturated carbocycles. The van der Waals surface area contributed by atoms with Gasteiger partial charge in [-0.2, -0.15) is 0 Å². The molecule has 4 rings (SSSR count). The average molecular weight is 342 g/mol. The van der Waals surface area contributed by atoms with Crippen molar-refractivity contribution in [1.29, 1.82) is 0 Å². The van der Waals surface area contributed by atoms with Gasteiger partial charge in [0.1, 0.15) is 17.6 Å². The number of halogens is 1. The van der Waals surface area contributed by atoms with Crippen LogP contribution in [-0.2, 0) is 11.3 Å². The minimum Gasteiger partial charge on any atom is -0.467 e. The predicted octanol–water partition coefficient (Wildman–Crippen LogP) is 2.73. The number of furan rings is 1. The van der Waals surface area contributed by atoms with E-state index in [4.69, 9.17) is 4.42 Å². The fraction of sp³-hybridized carbons (Fsp3) is 0.368. The van der Waals surface area contributed by atoms with E-state index in [-0.39, 0.29) is 29.3 Å². The summed E-state index contributed by atoms with van der Waals surface area (Å²) in [4.78, 5) is 27.3. The second-order valence-corrected chi connectivity index (χ2v) is 6.69. The summed E-state index contributed by atoms with van der Waals surface area (Å²) in [6, 6.07) is 8.75. The van der Waals surface area contributed by atoms with Gasteiger partial charge >= 0.3 is 0 Å². The zero-order valence-electron chi connectivity index (χ0n) is 13.7. The van der Waals surface area contributed by atoms with Crippen molar-refractivity contribution in [3.05, 3.63) is 59.8 Å². The average Bonchev–Trinajstić information content (AvgIpc) is 3.35. The van der Waals surface area contributed by atoms with Crippen molar-refractivity contribution in [3.8, 4) is 0 Å². The number of likely N-dealkylation sites (tertiary alicyclic amines) is 1. The molecule has 3 unspecified atom stereocenters. The normalized spacial score (nSPS) is 24.5. The number of rotatable bonds is 4. The van der Waals surface area contributed by atoms with E-state index in [9.17, 15) is 14.0 Å². The summed E-state index contributed by atoms with van der Waals surface area (Å²) in [5.41, 5.74) is 0.288. The van der Waals surface area contributed by atoms with Crippen LogP contribution in [0.2, 0.25) is 0 Å². The van der Waals surface area contributed by atoms with Crippen LogP contribution in [-0.4, -0.2) is 28.8 Å². The maximum absolute atomic E-state index is 13.5. The quantitative estimate of drug-likeness (QED) is 0.929. The lowest BCUT2D eigenvalue weighted by Gasteiger charge is -2.34. The van der Waals surface area contributed by atoms with E-state index in [0.717, 1.165) is 19.3 Å². The number of nitrogens with one attached hydrogen (secondary N) is 1. The Labute approximate surface area is 144 Å². The zero-order valence-corrected chi connectivity index (χ0v) is 13.7. The van der Waals surface area contributed by atoms with Crippen LogP contribution >= 0.6 is 0 Å². The minimum absolute atomic E-state index is 0.0557. The molecule has 0 radical (unpaired) electrons. The second kappa shape index (κ2) is 6.35. The van der Waals surface area contributed by atoms with Crippen molar-refractivity contribution in [2.75, 3.05) is 0 Å². The van der Waals surface area contributed by atoms with Crippen molar-refractivity contribution < 1.29 is 18.4 Å². The summed E-state index contributed by atoms with van der Waals surface area (Å²) in [5, 5.41) is 2.86. The largest absolute Gasteiger partial charge is 0.467 e. The fourth-order valence-corrected chi connectivity index (χ4v) is 4.08. The number of piperidine rings is 1. The van der Waals surface area contributed by atoms with Gasteiger partial charge in [-0.25, -0.2) is 4.39 Å². The highest BCUT2D eigenvalue weighted by molar-refractivity contribution is 5.98. The Morgan fingerprint density at radius 1 is 1.24 bits per heavy atom. The maximum Gasteiger partial charge on any atom is 0.254 e. The number of hydrogen-bond acceptors (Lipinski definition) is 3. The molecule has 1 aromatic carbocycles. The molecule has 0 spiro atoms. The number of benzene rings is 1. The fourth-order valence-electron chi connectivity index (χ4n) is 4.08. The van der Waals surface area contributed by atoms with E-state index in [1.165, 1.54) is 18.2 Å². The third kappa shape index (κ3) is 2.92. The van der Waals surface area contributed by atoms with Crippen LogP contribution in [0, 0.1) is 11.7 Å². The third-order valence-corrected chi connectivity index (χ3v) is 5.18. The van der Waals surface area contributed by atoms with Crippen LogP contribution in [0.15, 0.2) is 47.1 Å². The van der Waals surface area contributed by atoms with Crippen molar-refractivity contribution in [1.82, 2.24) is 10.2 Å². The molecule has 2 aliphatic rings. The van der Waals surface area contributed by atoms with Gasteiger partial charge in [0.15, 0.2) is 0 Å². The Morgan fingerprint density at radius 3 is 2.88 bits per heavy atom. The second-order valence-electron chi connectivity index (χ2n) is 6.69. The molecule has 2 bridgehead atoms. The molecule has 6 heteroatoms. The van der Waals surface area contributed by atoms with Gasteiger partial charge in [-0.05, 0) is 55.5 Å². The lowest BCUT2D eigenvalue weighted by Crippen LogP contribution is -2.52. The summed E-state index contributed by atoms with van der Waals surface area (Å²) in [7, 11) is 0. The molecular weight excluding hydrogens is 323 g/mol. The van der Waals surface area contributed by atoms with Crippen LogP contribution < -0.4 is 5.32 Å². The molecule has 2 amide bonds. The number of fused-ring (bicyclic) bond motifs is 2. The van der Waals surface area contributed by atoms with Gasteiger partial charge in [-0.1, -0.05) is 6.07 Å². The van der Waals surface area contributed by atoms with E-state index in [0.29, 0.717) is 12.3 Å². The van der Waals surface area contributed by atoms with Crippen LogP contribution in [0.4, 0.5) is 4.39 Å². The Balaban J connectivity index is 1.53. The number of amides is 2. The van der Waals surface area contributed by atoms with E-state index in [1.807, 2.05) is 0 Å². The monoisotopic (exact) mass is 342 g/mol. The van der Waals surface area contributed by atoms with Gasteiger partial charge in [0.25, 0.3) is 5.91 Å². The van der Waals surface area contributed by atoms with Crippen LogP contribution in [0.5, 0.6) is 0 Å². The summed E-state index contributed by atoms with van der Waals surface area (Å²) in [6.45, 7) is 0.293. The molecule has 25 heavy (non-hydrogen) atoms. The third-order valence-electron chi connectivity index (χ3n) is 5.18. The molecule has 1 saturated heterocycles. The Bertz CT molecular complexity index is 790. The predicted molar refractivity (Wildman–Crippen MR) is 88.0 cm³/mol. The first-order valence-corrected chi connectivity index (χ1v) is 8.52. The van der Waals surface area contributed by atoms with Gasteiger partial charge in [0, 0.05) is 11.6 Å². The first-order chi connectivity index (χ1) is 12.1. The minimum atomic E-state index is -0.496. The van der Waals surface area contributed by atoms with Crippen molar-refractivity contribution in [3.63, 3.8) is 0 Å². The van der Waals surface area contributed by atoms with Gasteiger partial charge in [-0.15, -0.1) is 0 Å². The molecule has 3 atom stereocenters. The number of hydrogen-bond donors (Lipinski definition) is 1. The lowest BCUT2D eigenvalue weighted by atomic mass is 9.97. The lowest BCUT2D eigenvalue weighted by molar-refractivity contribution is -0.127. The first kappa shape index (κ1) is 15.9. The first-order valence-electron chi connectivity index (χ1n) is 8.52. The van der Waals surface area contributed by atoms with E-state index in [2.05, 4.69) is 5.32 Å². The maximum atomic E-state index is 13.5. The van der Waals surface area contributed by atoms with Crippen molar-refractivity contribution in [2.45, 2.75) is 37.9 Å². The highest BCUT2D eigenvalue weighted by atomic mass is 19.1. The molecule has 1 aliphatic carbocycles. The van der Waals surface area contributed by atoms with E-state index < -0.39 is 11.9 Å². The van der Waals surface area contributed by atoms with Gasteiger partial charge < -0.3 is 14.6 Å². The molecule has 1 N–H and O–H groups in total. The number of carbonyl (C=O) groups excluding carboxylic acids is 2. The van der Waals surface area contributed by atoms with Crippen LogP contribution in [0.25, 0.3) is 0 Å². The smallest absolute Gasteiger partial charge is 0.254 e. The highest BCUT2D eigenvalue weighted by Crippen LogP contribution is 2.43. The van der Waals surface area contributed by atoms with Gasteiger partial charge in [-0.3, -0.25) is 9.59 Å². The molecule has 5 nitrogen and oxygen atoms in total. The summed E-state index contributed by atoms with van der Waals surface area (Å²) in [6.07, 6.45) is 4.23. The Kier molecular flexibility index (Phi) is 4.03. The van der Waals surface area contributed by atoms with Crippen LogP contribution in [0.1, 0.15) is 35.4 Å². The summed E-state index contributed by atoms with van der Waals surface area (Å²) in [5.74, 6) is -0.0640. The van der Waals surface area contributed by atoms with Gasteiger partial charge in [0.05, 0.1) is 12.8 Å². The summed E-state index contributed by atoms with van der Waals surface area (Å²) >= 11 is 0. The molecule has 1 aromatic heterocycles. The van der Waals surface area contributed by atoms with Crippen LogP contribution in [0.3, 0.4) is 0 Å². The topological polar surface area (TPSA) is 62.6 Å². The number of carbonyl (C=O) groups is 2. The standard InChI is InChI=1S/C19H19FN2O3/c20-14-4-1-3-13(9-14)19(24)22-15-7-6-12(10-15)17(22)18(23)21-11-16-5-2-8-25-16/h1-5,8-9,12,15,17H,6-7,10-11H2,(H,21,23). The molecule has 2 heterocycles. The molecule has 2 fully saturated rings. The zero-order chi connectivity index (χ0) is 17.4. The molecule has 130 valence electrons. The molecule has 2 aromatic rings. The Hall–Kier alpha value is -2.63. The SMILES string of the molecule is O=C(NCc1ccco1)C1C2CCC(C2)N1C(=O)c1cccc(F)c1.